The largest absolute Gasteiger partial charge is 0.399 e. The lowest BCUT2D eigenvalue weighted by Crippen LogP contribution is -2.10. The van der Waals surface area contributed by atoms with Crippen molar-refractivity contribution in [3.8, 4) is 0 Å². The summed E-state index contributed by atoms with van der Waals surface area (Å²) in [5.74, 6) is 0. The van der Waals surface area contributed by atoms with Crippen molar-refractivity contribution in [3.05, 3.63) is 23.8 Å². The van der Waals surface area contributed by atoms with Gasteiger partial charge in [-0.1, -0.05) is 6.92 Å². The molecular weight excluding hydrogens is 160 g/mol. The number of aryl methyl sites for hydroxylation is 1. The predicted molar refractivity (Wildman–Crippen MR) is 59.0 cm³/mol. The summed E-state index contributed by atoms with van der Waals surface area (Å²) in [6.07, 6.45) is 0.986. The van der Waals surface area contributed by atoms with E-state index in [0.29, 0.717) is 6.04 Å². The van der Waals surface area contributed by atoms with Gasteiger partial charge in [0.1, 0.15) is 0 Å². The summed E-state index contributed by atoms with van der Waals surface area (Å²) >= 11 is 0. The number of nitrogens with one attached hydrogen (secondary N) is 1. The second-order valence-corrected chi connectivity index (χ2v) is 3.57. The normalized spacial score (nSPS) is 10.5. The van der Waals surface area contributed by atoms with E-state index < -0.39 is 0 Å². The topological polar surface area (TPSA) is 38.0 Å². The van der Waals surface area contributed by atoms with E-state index in [0.717, 1.165) is 17.8 Å². The monoisotopic (exact) mass is 178 g/mol. The summed E-state index contributed by atoms with van der Waals surface area (Å²) in [7, 11) is 0. The van der Waals surface area contributed by atoms with E-state index in [2.05, 4.69) is 32.2 Å². The molecule has 0 radical (unpaired) electrons. The fraction of sp³-hybridized carbons (Fsp3) is 0.455. The number of hydrogen-bond acceptors (Lipinski definition) is 2. The third-order valence-corrected chi connectivity index (χ3v) is 1.98. The van der Waals surface area contributed by atoms with Crippen LogP contribution in [0, 0.1) is 0 Å². The molecule has 0 fully saturated rings. The van der Waals surface area contributed by atoms with Crippen molar-refractivity contribution < 1.29 is 0 Å². The van der Waals surface area contributed by atoms with Crippen molar-refractivity contribution in [2.24, 2.45) is 0 Å². The van der Waals surface area contributed by atoms with Gasteiger partial charge in [-0.15, -0.1) is 0 Å². The third kappa shape index (κ3) is 2.65. The molecule has 0 aliphatic heterocycles. The van der Waals surface area contributed by atoms with E-state index in [1.54, 1.807) is 0 Å². The predicted octanol–water partition coefficient (Wildman–Crippen LogP) is 2.65. The lowest BCUT2D eigenvalue weighted by Gasteiger charge is -2.12. The van der Waals surface area contributed by atoms with Crippen molar-refractivity contribution in [1.82, 2.24) is 0 Å². The summed E-state index contributed by atoms with van der Waals surface area (Å²) in [4.78, 5) is 0. The molecule has 1 aromatic rings. The maximum absolute atomic E-state index is 5.80. The maximum Gasteiger partial charge on any atom is 0.0347 e. The van der Waals surface area contributed by atoms with Gasteiger partial charge in [0.15, 0.2) is 0 Å². The fourth-order valence-electron chi connectivity index (χ4n) is 1.34. The zero-order chi connectivity index (χ0) is 9.84. The molecule has 0 spiro atoms. The molecule has 3 N–H and O–H groups in total. The van der Waals surface area contributed by atoms with Gasteiger partial charge < -0.3 is 11.1 Å². The second kappa shape index (κ2) is 4.17. The molecule has 72 valence electrons. The molecule has 2 nitrogen and oxygen atoms in total. The van der Waals surface area contributed by atoms with Crippen LogP contribution in [0.25, 0.3) is 0 Å². The number of nitrogen functional groups attached to an aromatic ring is 1. The van der Waals surface area contributed by atoms with Gasteiger partial charge >= 0.3 is 0 Å². The average Bonchev–Trinajstić information content (AvgIpc) is 2.07. The van der Waals surface area contributed by atoms with Crippen LogP contribution in [0.1, 0.15) is 26.3 Å². The van der Waals surface area contributed by atoms with Crippen molar-refractivity contribution in [2.75, 3.05) is 11.1 Å². The number of hydrogen-bond donors (Lipinski definition) is 2. The first-order valence-corrected chi connectivity index (χ1v) is 4.78. The minimum atomic E-state index is 0.466. The first kappa shape index (κ1) is 9.90. The highest BCUT2D eigenvalue weighted by atomic mass is 14.9. The Kier molecular flexibility index (Phi) is 3.18. The fourth-order valence-corrected chi connectivity index (χ4v) is 1.34. The van der Waals surface area contributed by atoms with Gasteiger partial charge in [-0.25, -0.2) is 0 Å². The highest BCUT2D eigenvalue weighted by molar-refractivity contribution is 5.57. The molecule has 0 aliphatic carbocycles. The minimum Gasteiger partial charge on any atom is -0.399 e. The zero-order valence-corrected chi connectivity index (χ0v) is 8.59. The van der Waals surface area contributed by atoms with Crippen LogP contribution < -0.4 is 11.1 Å². The quantitative estimate of drug-likeness (QED) is 0.698. The van der Waals surface area contributed by atoms with Crippen LogP contribution in [-0.4, -0.2) is 6.04 Å². The van der Waals surface area contributed by atoms with Gasteiger partial charge in [0.2, 0.25) is 0 Å². The summed E-state index contributed by atoms with van der Waals surface area (Å²) < 4.78 is 0. The Labute approximate surface area is 80.1 Å². The molecule has 0 saturated heterocycles. The Morgan fingerprint density at radius 2 is 2.08 bits per heavy atom. The minimum absolute atomic E-state index is 0.466. The standard InChI is InChI=1S/C11H18N2/c1-4-9-7-10(13-8(2)3)5-6-11(9)12/h5-8,13H,4,12H2,1-3H3. The van der Waals surface area contributed by atoms with Crippen LogP contribution in [0.15, 0.2) is 18.2 Å². The highest BCUT2D eigenvalue weighted by Gasteiger charge is 1.99. The van der Waals surface area contributed by atoms with Crippen LogP contribution in [0.5, 0.6) is 0 Å². The molecule has 0 saturated carbocycles. The molecule has 0 aromatic heterocycles. The van der Waals surface area contributed by atoms with Crippen LogP contribution in [0.2, 0.25) is 0 Å². The van der Waals surface area contributed by atoms with Crippen LogP contribution >= 0.6 is 0 Å². The molecule has 0 unspecified atom stereocenters. The summed E-state index contributed by atoms with van der Waals surface area (Å²) in [5, 5.41) is 3.35. The Balaban J connectivity index is 2.86. The van der Waals surface area contributed by atoms with Crippen molar-refractivity contribution in [3.63, 3.8) is 0 Å². The Morgan fingerprint density at radius 3 is 2.62 bits per heavy atom. The molecule has 0 atom stereocenters. The van der Waals surface area contributed by atoms with Gasteiger partial charge in [0.05, 0.1) is 0 Å². The molecular formula is C11H18N2. The molecule has 0 amide bonds. The van der Waals surface area contributed by atoms with Crippen molar-refractivity contribution in [2.45, 2.75) is 33.2 Å². The Hall–Kier alpha value is -1.18. The maximum atomic E-state index is 5.80. The highest BCUT2D eigenvalue weighted by Crippen LogP contribution is 2.18. The molecule has 1 aromatic carbocycles. The first-order chi connectivity index (χ1) is 6.13. The van der Waals surface area contributed by atoms with E-state index in [9.17, 15) is 0 Å². The lowest BCUT2D eigenvalue weighted by atomic mass is 10.1. The molecule has 2 heteroatoms. The molecule has 0 bridgehead atoms. The van der Waals surface area contributed by atoms with E-state index in [4.69, 9.17) is 5.73 Å². The van der Waals surface area contributed by atoms with Gasteiger partial charge in [-0.05, 0) is 44.0 Å². The summed E-state index contributed by atoms with van der Waals surface area (Å²) in [6, 6.07) is 6.57. The van der Waals surface area contributed by atoms with E-state index in [1.165, 1.54) is 5.56 Å². The lowest BCUT2D eigenvalue weighted by molar-refractivity contribution is 0.899. The van der Waals surface area contributed by atoms with E-state index in [-0.39, 0.29) is 0 Å². The van der Waals surface area contributed by atoms with Crippen LogP contribution in [-0.2, 0) is 6.42 Å². The number of nitrogens with two attached hydrogens (primary N) is 1. The summed E-state index contributed by atoms with van der Waals surface area (Å²) in [6.45, 7) is 6.37. The molecule has 0 aliphatic rings. The van der Waals surface area contributed by atoms with Crippen molar-refractivity contribution >= 4 is 11.4 Å². The second-order valence-electron chi connectivity index (χ2n) is 3.57. The van der Waals surface area contributed by atoms with E-state index >= 15 is 0 Å². The molecule has 1 rings (SSSR count). The van der Waals surface area contributed by atoms with Gasteiger partial charge in [-0.2, -0.15) is 0 Å². The number of rotatable bonds is 3. The van der Waals surface area contributed by atoms with Crippen molar-refractivity contribution in [1.29, 1.82) is 0 Å². The third-order valence-electron chi connectivity index (χ3n) is 1.98. The number of benzene rings is 1. The molecule has 0 heterocycles. The Morgan fingerprint density at radius 1 is 1.38 bits per heavy atom. The smallest absolute Gasteiger partial charge is 0.0347 e. The molecule has 13 heavy (non-hydrogen) atoms. The van der Waals surface area contributed by atoms with Crippen LogP contribution in [0.4, 0.5) is 11.4 Å². The average molecular weight is 178 g/mol. The summed E-state index contributed by atoms with van der Waals surface area (Å²) in [5.41, 5.74) is 9.06. The van der Waals surface area contributed by atoms with Gasteiger partial charge in [-0.3, -0.25) is 0 Å². The van der Waals surface area contributed by atoms with Gasteiger partial charge in [0, 0.05) is 17.4 Å². The first-order valence-electron chi connectivity index (χ1n) is 4.78. The SMILES string of the molecule is CCc1cc(NC(C)C)ccc1N. The Bertz CT molecular complexity index is 279. The van der Waals surface area contributed by atoms with E-state index in [1.807, 2.05) is 12.1 Å². The number of anilines is 2. The van der Waals surface area contributed by atoms with Crippen LogP contribution in [0.3, 0.4) is 0 Å². The zero-order valence-electron chi connectivity index (χ0n) is 8.59. The van der Waals surface area contributed by atoms with Gasteiger partial charge in [0.25, 0.3) is 0 Å².